The van der Waals surface area contributed by atoms with Crippen LogP contribution in [-0.2, 0) is 6.42 Å². The molecule has 17 heavy (non-hydrogen) atoms. The van der Waals surface area contributed by atoms with Crippen LogP contribution in [0.5, 0.6) is 11.5 Å². The van der Waals surface area contributed by atoms with Crippen molar-refractivity contribution in [3.05, 3.63) is 23.3 Å². The third-order valence-electron chi connectivity index (χ3n) is 2.69. The van der Waals surface area contributed by atoms with Crippen molar-refractivity contribution < 1.29 is 9.84 Å². The summed E-state index contributed by atoms with van der Waals surface area (Å²) in [5.74, 6) is 1.26. The average molecular weight is 237 g/mol. The van der Waals surface area contributed by atoms with Gasteiger partial charge in [-0.3, -0.25) is 0 Å². The van der Waals surface area contributed by atoms with Crippen LogP contribution in [0.25, 0.3) is 0 Å². The van der Waals surface area contributed by atoms with Gasteiger partial charge < -0.3 is 14.7 Å². The summed E-state index contributed by atoms with van der Waals surface area (Å²) in [5, 5.41) is 9.70. The highest BCUT2D eigenvalue weighted by Gasteiger charge is 2.07. The summed E-state index contributed by atoms with van der Waals surface area (Å²) >= 11 is 0. The molecule has 0 aliphatic rings. The van der Waals surface area contributed by atoms with Gasteiger partial charge in [0.15, 0.2) is 0 Å². The van der Waals surface area contributed by atoms with Crippen molar-refractivity contribution >= 4 is 0 Å². The molecule has 0 saturated carbocycles. The molecule has 3 heteroatoms. The van der Waals surface area contributed by atoms with Crippen LogP contribution in [-0.4, -0.2) is 37.3 Å². The highest BCUT2D eigenvalue weighted by molar-refractivity contribution is 5.45. The Morgan fingerprint density at radius 3 is 2.59 bits per heavy atom. The van der Waals surface area contributed by atoms with Gasteiger partial charge in [-0.15, -0.1) is 0 Å². The van der Waals surface area contributed by atoms with Crippen LogP contribution in [0.15, 0.2) is 12.1 Å². The fourth-order valence-corrected chi connectivity index (χ4v) is 1.65. The number of hydrogen-bond acceptors (Lipinski definition) is 3. The summed E-state index contributed by atoms with van der Waals surface area (Å²) in [4.78, 5) is 2.09. The number of rotatable bonds is 6. The lowest BCUT2D eigenvalue weighted by molar-refractivity contribution is 0.259. The van der Waals surface area contributed by atoms with E-state index in [0.29, 0.717) is 12.4 Å². The topological polar surface area (TPSA) is 32.7 Å². The Morgan fingerprint density at radius 2 is 2.00 bits per heavy atom. The van der Waals surface area contributed by atoms with E-state index >= 15 is 0 Å². The van der Waals surface area contributed by atoms with Crippen LogP contribution in [0, 0.1) is 6.92 Å². The molecule has 0 atom stereocenters. The highest BCUT2D eigenvalue weighted by atomic mass is 16.5. The lowest BCUT2D eigenvalue weighted by Gasteiger charge is -2.15. The molecule has 0 spiro atoms. The number of phenols is 1. The van der Waals surface area contributed by atoms with Crippen LogP contribution >= 0.6 is 0 Å². The third-order valence-corrected chi connectivity index (χ3v) is 2.69. The molecule has 0 radical (unpaired) electrons. The second kappa shape index (κ2) is 6.50. The van der Waals surface area contributed by atoms with Crippen molar-refractivity contribution in [2.45, 2.75) is 26.7 Å². The fourth-order valence-electron chi connectivity index (χ4n) is 1.65. The van der Waals surface area contributed by atoms with E-state index in [9.17, 15) is 5.11 Å². The molecule has 0 aliphatic carbocycles. The number of phenolic OH excluding ortho intramolecular Hbond substituents is 1. The standard InChI is InChI=1S/C14H23NO2/c1-5-6-12-10-13(16)11(2)9-14(12)17-8-7-15(3)4/h9-10,16H,5-8H2,1-4H3. The third kappa shape index (κ3) is 4.27. The van der Waals surface area contributed by atoms with Gasteiger partial charge in [0.25, 0.3) is 0 Å². The molecule has 1 N–H and O–H groups in total. The van der Waals surface area contributed by atoms with Crippen LogP contribution < -0.4 is 4.74 Å². The largest absolute Gasteiger partial charge is 0.508 e. The number of nitrogens with zero attached hydrogens (tertiary/aromatic N) is 1. The Balaban J connectivity index is 2.77. The zero-order valence-electron chi connectivity index (χ0n) is 11.3. The summed E-state index contributed by atoms with van der Waals surface area (Å²) in [5.41, 5.74) is 1.96. The summed E-state index contributed by atoms with van der Waals surface area (Å²) in [6, 6.07) is 3.75. The summed E-state index contributed by atoms with van der Waals surface area (Å²) < 4.78 is 5.78. The molecule has 0 aromatic heterocycles. The van der Waals surface area contributed by atoms with Gasteiger partial charge in [-0.2, -0.15) is 0 Å². The molecule has 0 fully saturated rings. The monoisotopic (exact) mass is 237 g/mol. The maximum atomic E-state index is 9.70. The Bertz CT molecular complexity index is 361. The van der Waals surface area contributed by atoms with Gasteiger partial charge >= 0.3 is 0 Å². The first-order chi connectivity index (χ1) is 8.04. The summed E-state index contributed by atoms with van der Waals surface area (Å²) in [6.07, 6.45) is 1.98. The first-order valence-corrected chi connectivity index (χ1v) is 6.14. The molecule has 0 saturated heterocycles. The molecule has 1 aromatic rings. The van der Waals surface area contributed by atoms with E-state index in [4.69, 9.17) is 4.74 Å². The van der Waals surface area contributed by atoms with Gasteiger partial charge in [0, 0.05) is 6.54 Å². The van der Waals surface area contributed by atoms with Gasteiger partial charge in [-0.1, -0.05) is 13.3 Å². The van der Waals surface area contributed by atoms with E-state index < -0.39 is 0 Å². The molecule has 1 aromatic carbocycles. The number of likely N-dealkylation sites (N-methyl/N-ethyl adjacent to an activating group) is 1. The Kier molecular flexibility index (Phi) is 5.29. The predicted molar refractivity (Wildman–Crippen MR) is 70.9 cm³/mol. The molecular weight excluding hydrogens is 214 g/mol. The SMILES string of the molecule is CCCc1cc(O)c(C)cc1OCCN(C)C. The zero-order valence-corrected chi connectivity index (χ0v) is 11.3. The van der Waals surface area contributed by atoms with Crippen molar-refractivity contribution in [1.29, 1.82) is 0 Å². The minimum absolute atomic E-state index is 0.355. The van der Waals surface area contributed by atoms with E-state index in [0.717, 1.165) is 36.3 Å². The molecule has 3 nitrogen and oxygen atoms in total. The van der Waals surface area contributed by atoms with E-state index in [1.165, 1.54) is 0 Å². The molecule has 0 bridgehead atoms. The normalized spacial score (nSPS) is 10.9. The molecule has 0 unspecified atom stereocenters. The number of hydrogen-bond donors (Lipinski definition) is 1. The van der Waals surface area contributed by atoms with Crippen LogP contribution in [0.3, 0.4) is 0 Å². The zero-order chi connectivity index (χ0) is 12.8. The van der Waals surface area contributed by atoms with E-state index in [1.54, 1.807) is 0 Å². The quantitative estimate of drug-likeness (QED) is 0.825. The Hall–Kier alpha value is -1.22. The molecule has 0 amide bonds. The van der Waals surface area contributed by atoms with Crippen LogP contribution in [0.4, 0.5) is 0 Å². The second-order valence-electron chi connectivity index (χ2n) is 4.65. The molecule has 0 heterocycles. The maximum absolute atomic E-state index is 9.70. The molecule has 96 valence electrons. The van der Waals surface area contributed by atoms with E-state index in [1.807, 2.05) is 33.2 Å². The number of aromatic hydroxyl groups is 1. The second-order valence-corrected chi connectivity index (χ2v) is 4.65. The lowest BCUT2D eigenvalue weighted by Crippen LogP contribution is -2.19. The van der Waals surface area contributed by atoms with Crippen molar-refractivity contribution in [2.75, 3.05) is 27.2 Å². The molecular formula is C14H23NO2. The Morgan fingerprint density at radius 1 is 1.29 bits per heavy atom. The van der Waals surface area contributed by atoms with E-state index in [-0.39, 0.29) is 0 Å². The Labute approximate surface area is 104 Å². The van der Waals surface area contributed by atoms with Gasteiger partial charge in [-0.25, -0.2) is 0 Å². The number of ether oxygens (including phenoxy) is 1. The fraction of sp³-hybridized carbons (Fsp3) is 0.571. The van der Waals surface area contributed by atoms with Crippen molar-refractivity contribution in [2.24, 2.45) is 0 Å². The van der Waals surface area contributed by atoms with Crippen molar-refractivity contribution in [3.8, 4) is 11.5 Å². The predicted octanol–water partition coefficient (Wildman–Crippen LogP) is 2.59. The summed E-state index contributed by atoms with van der Waals surface area (Å²) in [6.45, 7) is 5.59. The first-order valence-electron chi connectivity index (χ1n) is 6.14. The smallest absolute Gasteiger partial charge is 0.123 e. The van der Waals surface area contributed by atoms with Gasteiger partial charge in [-0.05, 0) is 50.7 Å². The minimum atomic E-state index is 0.355. The van der Waals surface area contributed by atoms with Gasteiger partial charge in [0.1, 0.15) is 18.1 Å². The van der Waals surface area contributed by atoms with Crippen molar-refractivity contribution in [1.82, 2.24) is 4.90 Å². The summed E-state index contributed by atoms with van der Waals surface area (Å²) in [7, 11) is 4.05. The number of benzene rings is 1. The lowest BCUT2D eigenvalue weighted by atomic mass is 10.1. The van der Waals surface area contributed by atoms with Crippen molar-refractivity contribution in [3.63, 3.8) is 0 Å². The highest BCUT2D eigenvalue weighted by Crippen LogP contribution is 2.28. The average Bonchev–Trinajstić information content (AvgIpc) is 2.24. The van der Waals surface area contributed by atoms with Gasteiger partial charge in [0.2, 0.25) is 0 Å². The molecule has 1 rings (SSSR count). The molecule has 0 aliphatic heterocycles. The van der Waals surface area contributed by atoms with Crippen LogP contribution in [0.2, 0.25) is 0 Å². The maximum Gasteiger partial charge on any atom is 0.123 e. The van der Waals surface area contributed by atoms with Gasteiger partial charge in [0.05, 0.1) is 0 Å². The van der Waals surface area contributed by atoms with Crippen LogP contribution in [0.1, 0.15) is 24.5 Å². The minimum Gasteiger partial charge on any atom is -0.508 e. The van der Waals surface area contributed by atoms with E-state index in [2.05, 4.69) is 11.8 Å². The number of aryl methyl sites for hydroxylation is 2. The first kappa shape index (κ1) is 13.8.